The minimum atomic E-state index is 0.285. The predicted octanol–water partition coefficient (Wildman–Crippen LogP) is 0.851. The summed E-state index contributed by atoms with van der Waals surface area (Å²) in [4.78, 5) is 2.28. The van der Waals surface area contributed by atoms with Crippen LogP contribution < -0.4 is 0 Å². The normalized spacial score (nSPS) is 22.8. The first-order valence-corrected chi connectivity index (χ1v) is 4.08. The van der Waals surface area contributed by atoms with Gasteiger partial charge in [-0.05, 0) is 26.8 Å². The van der Waals surface area contributed by atoms with Gasteiger partial charge in [0.2, 0.25) is 0 Å². The van der Waals surface area contributed by atoms with Crippen LogP contribution in [0.25, 0.3) is 0 Å². The highest BCUT2D eigenvalue weighted by molar-refractivity contribution is 4.80. The van der Waals surface area contributed by atoms with Gasteiger partial charge < -0.3 is 5.11 Å². The molecule has 0 aromatic carbocycles. The van der Waals surface area contributed by atoms with Crippen molar-refractivity contribution < 1.29 is 5.11 Å². The van der Waals surface area contributed by atoms with Crippen LogP contribution in [0.5, 0.6) is 0 Å². The Kier molecular flexibility index (Phi) is 2.69. The van der Waals surface area contributed by atoms with Gasteiger partial charge in [0.05, 0.1) is 6.61 Å². The van der Waals surface area contributed by atoms with Crippen molar-refractivity contribution in [1.29, 1.82) is 0 Å². The molecule has 10 heavy (non-hydrogen) atoms. The molecule has 1 rings (SSSR count). The fourth-order valence-electron chi connectivity index (χ4n) is 1.28. The second-order valence-corrected chi connectivity index (χ2v) is 3.28. The summed E-state index contributed by atoms with van der Waals surface area (Å²) < 4.78 is 0. The Labute approximate surface area is 62.8 Å². The maximum absolute atomic E-state index is 8.83. The minimum absolute atomic E-state index is 0.285. The maximum atomic E-state index is 8.83. The van der Waals surface area contributed by atoms with Crippen LogP contribution in [0.15, 0.2) is 0 Å². The van der Waals surface area contributed by atoms with Crippen LogP contribution in [-0.4, -0.2) is 35.7 Å². The number of aliphatic hydroxyl groups is 1. The van der Waals surface area contributed by atoms with E-state index >= 15 is 0 Å². The van der Waals surface area contributed by atoms with Gasteiger partial charge >= 0.3 is 0 Å². The van der Waals surface area contributed by atoms with Crippen LogP contribution in [0, 0.1) is 0 Å². The Morgan fingerprint density at radius 2 is 2.20 bits per heavy atom. The molecular weight excluding hydrogens is 126 g/mol. The zero-order valence-corrected chi connectivity index (χ0v) is 6.88. The Morgan fingerprint density at radius 1 is 1.60 bits per heavy atom. The SMILES string of the molecule is C[C@@H](CO)N(C)C1CCC1. The van der Waals surface area contributed by atoms with E-state index in [-0.39, 0.29) is 6.61 Å². The number of likely N-dealkylation sites (N-methyl/N-ethyl adjacent to an activating group) is 1. The third-order valence-corrected chi connectivity index (χ3v) is 2.61. The molecule has 0 aromatic heterocycles. The highest BCUT2D eigenvalue weighted by atomic mass is 16.3. The van der Waals surface area contributed by atoms with Gasteiger partial charge in [-0.2, -0.15) is 0 Å². The molecule has 0 unspecified atom stereocenters. The highest BCUT2D eigenvalue weighted by Gasteiger charge is 2.24. The first-order chi connectivity index (χ1) is 4.75. The van der Waals surface area contributed by atoms with Crippen molar-refractivity contribution in [3.63, 3.8) is 0 Å². The molecule has 1 aliphatic carbocycles. The molecule has 1 saturated carbocycles. The van der Waals surface area contributed by atoms with E-state index in [1.165, 1.54) is 19.3 Å². The second-order valence-electron chi connectivity index (χ2n) is 3.28. The molecule has 1 fully saturated rings. The van der Waals surface area contributed by atoms with E-state index in [9.17, 15) is 0 Å². The molecule has 60 valence electrons. The van der Waals surface area contributed by atoms with Crippen LogP contribution in [0.2, 0.25) is 0 Å². The van der Waals surface area contributed by atoms with E-state index < -0.39 is 0 Å². The Hall–Kier alpha value is -0.0800. The molecule has 0 saturated heterocycles. The zero-order chi connectivity index (χ0) is 7.56. The molecule has 2 nitrogen and oxygen atoms in total. The molecule has 1 aliphatic rings. The van der Waals surface area contributed by atoms with Crippen molar-refractivity contribution in [1.82, 2.24) is 4.90 Å². The van der Waals surface area contributed by atoms with E-state index in [0.717, 1.165) is 6.04 Å². The van der Waals surface area contributed by atoms with Gasteiger partial charge in [-0.25, -0.2) is 0 Å². The molecule has 0 radical (unpaired) electrons. The summed E-state index contributed by atoms with van der Waals surface area (Å²) >= 11 is 0. The fourth-order valence-corrected chi connectivity index (χ4v) is 1.28. The number of hydrogen-bond donors (Lipinski definition) is 1. The Bertz CT molecular complexity index is 96.7. The molecule has 0 aliphatic heterocycles. The van der Waals surface area contributed by atoms with Crippen molar-refractivity contribution in [3.8, 4) is 0 Å². The highest BCUT2D eigenvalue weighted by Crippen LogP contribution is 2.24. The summed E-state index contributed by atoms with van der Waals surface area (Å²) in [6, 6.07) is 1.09. The number of aliphatic hydroxyl groups excluding tert-OH is 1. The third-order valence-electron chi connectivity index (χ3n) is 2.61. The fraction of sp³-hybridized carbons (Fsp3) is 1.00. The lowest BCUT2D eigenvalue weighted by Crippen LogP contribution is -2.44. The van der Waals surface area contributed by atoms with Gasteiger partial charge in [0.15, 0.2) is 0 Å². The predicted molar refractivity (Wildman–Crippen MR) is 41.9 cm³/mol. The number of nitrogens with zero attached hydrogens (tertiary/aromatic N) is 1. The summed E-state index contributed by atoms with van der Waals surface area (Å²) in [6.45, 7) is 2.35. The lowest BCUT2D eigenvalue weighted by Gasteiger charge is -2.37. The summed E-state index contributed by atoms with van der Waals surface area (Å²) in [7, 11) is 2.10. The summed E-state index contributed by atoms with van der Waals surface area (Å²) in [5, 5.41) is 8.83. The van der Waals surface area contributed by atoms with Gasteiger partial charge in [-0.3, -0.25) is 4.90 Å². The van der Waals surface area contributed by atoms with Crippen molar-refractivity contribution >= 4 is 0 Å². The average molecular weight is 143 g/mol. The van der Waals surface area contributed by atoms with Gasteiger partial charge in [0.1, 0.15) is 0 Å². The molecule has 0 amide bonds. The minimum Gasteiger partial charge on any atom is -0.395 e. The van der Waals surface area contributed by atoms with E-state index in [1.54, 1.807) is 0 Å². The van der Waals surface area contributed by atoms with Gasteiger partial charge in [-0.1, -0.05) is 6.42 Å². The quantitative estimate of drug-likeness (QED) is 0.633. The number of rotatable bonds is 3. The van der Waals surface area contributed by atoms with Gasteiger partial charge in [0.25, 0.3) is 0 Å². The maximum Gasteiger partial charge on any atom is 0.0584 e. The van der Waals surface area contributed by atoms with Crippen LogP contribution in [-0.2, 0) is 0 Å². The van der Waals surface area contributed by atoms with E-state index in [0.29, 0.717) is 6.04 Å². The largest absolute Gasteiger partial charge is 0.395 e. The molecule has 1 N–H and O–H groups in total. The van der Waals surface area contributed by atoms with Crippen molar-refractivity contribution in [2.45, 2.75) is 38.3 Å². The monoisotopic (exact) mass is 143 g/mol. The lowest BCUT2D eigenvalue weighted by molar-refractivity contribution is 0.0802. The molecule has 0 aromatic rings. The van der Waals surface area contributed by atoms with Crippen LogP contribution in [0.4, 0.5) is 0 Å². The molecule has 1 atom stereocenters. The van der Waals surface area contributed by atoms with Crippen LogP contribution in [0.3, 0.4) is 0 Å². The standard InChI is InChI=1S/C8H17NO/c1-7(6-10)9(2)8-4-3-5-8/h7-8,10H,3-6H2,1-2H3/t7-/m0/s1. The van der Waals surface area contributed by atoms with Crippen molar-refractivity contribution in [3.05, 3.63) is 0 Å². The Balaban J connectivity index is 2.24. The van der Waals surface area contributed by atoms with Crippen LogP contribution in [0.1, 0.15) is 26.2 Å². The van der Waals surface area contributed by atoms with Crippen molar-refractivity contribution in [2.75, 3.05) is 13.7 Å². The van der Waals surface area contributed by atoms with Gasteiger partial charge in [0, 0.05) is 12.1 Å². The van der Waals surface area contributed by atoms with Crippen LogP contribution >= 0.6 is 0 Å². The zero-order valence-electron chi connectivity index (χ0n) is 6.88. The van der Waals surface area contributed by atoms with E-state index in [4.69, 9.17) is 5.11 Å². The lowest BCUT2D eigenvalue weighted by atomic mass is 9.91. The number of hydrogen-bond acceptors (Lipinski definition) is 2. The van der Waals surface area contributed by atoms with E-state index in [1.807, 2.05) is 0 Å². The summed E-state index contributed by atoms with van der Waals surface area (Å²) in [6.07, 6.45) is 4.01. The first kappa shape index (κ1) is 8.02. The molecular formula is C8H17NO. The molecule has 0 spiro atoms. The van der Waals surface area contributed by atoms with Crippen molar-refractivity contribution in [2.24, 2.45) is 0 Å². The third kappa shape index (κ3) is 1.50. The summed E-state index contributed by atoms with van der Waals surface area (Å²) in [5.74, 6) is 0. The average Bonchev–Trinajstić information content (AvgIpc) is 1.82. The molecule has 0 heterocycles. The smallest absolute Gasteiger partial charge is 0.0584 e. The molecule has 2 heteroatoms. The second kappa shape index (κ2) is 3.35. The Morgan fingerprint density at radius 3 is 2.50 bits per heavy atom. The molecule has 0 bridgehead atoms. The topological polar surface area (TPSA) is 23.5 Å². The first-order valence-electron chi connectivity index (χ1n) is 4.08. The van der Waals surface area contributed by atoms with Gasteiger partial charge in [-0.15, -0.1) is 0 Å². The summed E-state index contributed by atoms with van der Waals surface area (Å²) in [5.41, 5.74) is 0. The van der Waals surface area contributed by atoms with E-state index in [2.05, 4.69) is 18.9 Å².